The van der Waals surface area contributed by atoms with E-state index in [1.54, 1.807) is 20.4 Å². The number of aromatic nitrogens is 1. The summed E-state index contributed by atoms with van der Waals surface area (Å²) in [5, 5.41) is 13.8. The van der Waals surface area contributed by atoms with Crippen molar-refractivity contribution in [3.63, 3.8) is 0 Å². The Morgan fingerprint density at radius 1 is 1.13 bits per heavy atom. The third-order valence-corrected chi connectivity index (χ3v) is 5.44. The van der Waals surface area contributed by atoms with E-state index in [4.69, 9.17) is 26.1 Å². The molecule has 3 aromatic rings. The van der Waals surface area contributed by atoms with Gasteiger partial charge in [-0.05, 0) is 41.8 Å². The minimum absolute atomic E-state index is 0.137. The van der Waals surface area contributed by atoms with Crippen molar-refractivity contribution in [3.05, 3.63) is 75.6 Å². The summed E-state index contributed by atoms with van der Waals surface area (Å²) in [4.78, 5) is 9.29. The van der Waals surface area contributed by atoms with E-state index in [9.17, 15) is 5.11 Å². The molecule has 1 aromatic heterocycles. The van der Waals surface area contributed by atoms with Gasteiger partial charge in [0.15, 0.2) is 11.5 Å². The zero-order valence-electron chi connectivity index (χ0n) is 17.0. The lowest BCUT2D eigenvalue weighted by atomic mass is 9.97. The Morgan fingerprint density at radius 3 is 2.60 bits per heavy atom. The van der Waals surface area contributed by atoms with E-state index in [1.807, 2.05) is 43.3 Å². The van der Waals surface area contributed by atoms with Crippen LogP contribution in [0.25, 0.3) is 0 Å². The lowest BCUT2D eigenvalue weighted by Crippen LogP contribution is -2.19. The first kappa shape index (κ1) is 20.2. The van der Waals surface area contributed by atoms with Gasteiger partial charge < -0.3 is 19.9 Å². The van der Waals surface area contributed by atoms with Crippen LogP contribution in [0.4, 0.5) is 11.4 Å². The normalized spacial score (nSPS) is 13.8. The number of hydrogen-bond acceptors (Lipinski definition) is 5. The highest BCUT2D eigenvalue weighted by Gasteiger charge is 2.20. The highest BCUT2D eigenvalue weighted by molar-refractivity contribution is 6.33. The van der Waals surface area contributed by atoms with Crippen molar-refractivity contribution in [1.82, 2.24) is 4.98 Å². The van der Waals surface area contributed by atoms with Crippen molar-refractivity contribution >= 4 is 28.8 Å². The summed E-state index contributed by atoms with van der Waals surface area (Å²) in [6, 6.07) is 11.5. The van der Waals surface area contributed by atoms with Crippen LogP contribution in [-0.2, 0) is 13.0 Å². The molecule has 7 heteroatoms. The third-order valence-electron chi connectivity index (χ3n) is 5.14. The van der Waals surface area contributed by atoms with Crippen LogP contribution in [-0.4, -0.2) is 30.1 Å². The third kappa shape index (κ3) is 3.72. The highest BCUT2D eigenvalue weighted by atomic mass is 35.5. The Bertz CT molecular complexity index is 1120. The highest BCUT2D eigenvalue weighted by Crippen LogP contribution is 2.37. The first-order valence-corrected chi connectivity index (χ1v) is 9.86. The fourth-order valence-corrected chi connectivity index (χ4v) is 3.79. The molecule has 0 spiro atoms. The molecule has 1 aliphatic heterocycles. The number of nitrogens with one attached hydrogen (secondary N) is 1. The predicted octanol–water partition coefficient (Wildman–Crippen LogP) is 4.65. The Labute approximate surface area is 180 Å². The summed E-state index contributed by atoms with van der Waals surface area (Å²) < 4.78 is 11.0. The monoisotopic (exact) mass is 423 g/mol. The van der Waals surface area contributed by atoms with Gasteiger partial charge in [0, 0.05) is 29.9 Å². The maximum Gasteiger partial charge on any atom is 0.162 e. The van der Waals surface area contributed by atoms with E-state index in [2.05, 4.69) is 10.3 Å². The van der Waals surface area contributed by atoms with Crippen LogP contribution in [0.2, 0.25) is 5.02 Å². The molecule has 2 aromatic carbocycles. The molecule has 0 saturated carbocycles. The van der Waals surface area contributed by atoms with Crippen LogP contribution in [0.1, 0.15) is 27.9 Å². The van der Waals surface area contributed by atoms with E-state index in [0.29, 0.717) is 40.2 Å². The van der Waals surface area contributed by atoms with Gasteiger partial charge in [-0.3, -0.25) is 4.98 Å². The zero-order valence-corrected chi connectivity index (χ0v) is 17.7. The summed E-state index contributed by atoms with van der Waals surface area (Å²) >= 11 is 6.42. The molecule has 2 bridgehead atoms. The van der Waals surface area contributed by atoms with Gasteiger partial charge in [0.2, 0.25) is 0 Å². The fourth-order valence-electron chi connectivity index (χ4n) is 3.52. The SMILES string of the molecule is COc1cc2c(cc1OC)NC(=Nc1c(C)cccc1Cl)c1cnc(CO)c(c1)C2. The van der Waals surface area contributed by atoms with Gasteiger partial charge in [-0.15, -0.1) is 0 Å². The molecule has 2 heterocycles. The van der Waals surface area contributed by atoms with Gasteiger partial charge in [0.05, 0.1) is 37.2 Å². The molecule has 0 aliphatic carbocycles. The van der Waals surface area contributed by atoms with Crippen molar-refractivity contribution in [1.29, 1.82) is 0 Å². The van der Waals surface area contributed by atoms with Crippen LogP contribution in [0.5, 0.6) is 11.5 Å². The van der Waals surface area contributed by atoms with Crippen molar-refractivity contribution in [2.24, 2.45) is 4.99 Å². The zero-order chi connectivity index (χ0) is 21.3. The number of aliphatic hydroxyl groups excluding tert-OH is 1. The summed E-state index contributed by atoms with van der Waals surface area (Å²) in [7, 11) is 3.21. The number of aliphatic imine (C=N–C) groups is 1. The number of aryl methyl sites for hydroxylation is 1. The average Bonchev–Trinajstić information content (AvgIpc) is 2.75. The first-order valence-electron chi connectivity index (χ1n) is 9.48. The number of ether oxygens (including phenoxy) is 2. The average molecular weight is 424 g/mol. The van der Waals surface area contributed by atoms with Crippen molar-refractivity contribution < 1.29 is 14.6 Å². The fraction of sp³-hybridized carbons (Fsp3) is 0.217. The number of anilines is 1. The topological polar surface area (TPSA) is 76.0 Å². The Morgan fingerprint density at radius 2 is 1.90 bits per heavy atom. The molecule has 4 rings (SSSR count). The molecule has 0 saturated heterocycles. The first-order chi connectivity index (χ1) is 14.5. The maximum atomic E-state index is 9.76. The van der Waals surface area contributed by atoms with E-state index in [1.165, 1.54) is 0 Å². The number of amidine groups is 1. The van der Waals surface area contributed by atoms with Crippen molar-refractivity contribution in [2.75, 3.05) is 19.5 Å². The standard InChI is InChI=1S/C23H22ClN3O3/c1-13-5-4-6-17(24)22(13)27-23-16-8-14(19(12-28)25-11-16)7-15-9-20(29-2)21(30-3)10-18(15)26-23/h4-6,8-11,28H,7,12H2,1-3H3,(H,26,27). The number of para-hydroxylation sites is 1. The van der Waals surface area contributed by atoms with E-state index >= 15 is 0 Å². The second-order valence-corrected chi connectivity index (χ2v) is 7.43. The van der Waals surface area contributed by atoms with Crippen LogP contribution < -0.4 is 14.8 Å². The molecule has 2 N–H and O–H groups in total. The van der Waals surface area contributed by atoms with Gasteiger partial charge in [0.1, 0.15) is 5.84 Å². The lowest BCUT2D eigenvalue weighted by molar-refractivity contribution is 0.275. The van der Waals surface area contributed by atoms with Crippen molar-refractivity contribution in [2.45, 2.75) is 20.0 Å². The number of methoxy groups -OCH3 is 2. The lowest BCUT2D eigenvalue weighted by Gasteiger charge is -2.22. The van der Waals surface area contributed by atoms with Gasteiger partial charge in [-0.25, -0.2) is 4.99 Å². The molecule has 0 unspecified atom stereocenters. The molecule has 154 valence electrons. The number of halogens is 1. The van der Waals surface area contributed by atoms with Crippen LogP contribution in [0.15, 0.2) is 47.6 Å². The Kier molecular flexibility index (Phi) is 5.61. The molecular formula is C23H22ClN3O3. The van der Waals surface area contributed by atoms with Gasteiger partial charge in [0.25, 0.3) is 0 Å². The van der Waals surface area contributed by atoms with E-state index < -0.39 is 0 Å². The van der Waals surface area contributed by atoms with Crippen LogP contribution in [0, 0.1) is 6.92 Å². The van der Waals surface area contributed by atoms with E-state index in [-0.39, 0.29) is 6.61 Å². The number of benzene rings is 2. The van der Waals surface area contributed by atoms with Gasteiger partial charge in [-0.2, -0.15) is 0 Å². The summed E-state index contributed by atoms with van der Waals surface area (Å²) in [6.07, 6.45) is 2.29. The van der Waals surface area contributed by atoms with Crippen molar-refractivity contribution in [3.8, 4) is 11.5 Å². The molecule has 30 heavy (non-hydrogen) atoms. The van der Waals surface area contributed by atoms with Crippen LogP contribution >= 0.6 is 11.6 Å². The number of hydrogen-bond donors (Lipinski definition) is 2. The quantitative estimate of drug-likeness (QED) is 0.639. The molecular weight excluding hydrogens is 402 g/mol. The second-order valence-electron chi connectivity index (χ2n) is 7.02. The number of aliphatic hydroxyl groups is 1. The van der Waals surface area contributed by atoms with E-state index in [0.717, 1.165) is 27.9 Å². The number of nitrogens with zero attached hydrogens (tertiary/aromatic N) is 2. The maximum absolute atomic E-state index is 9.76. The predicted molar refractivity (Wildman–Crippen MR) is 119 cm³/mol. The number of fused-ring (bicyclic) bond motifs is 3. The molecule has 0 amide bonds. The van der Waals surface area contributed by atoms with Crippen LogP contribution in [0.3, 0.4) is 0 Å². The minimum atomic E-state index is -0.137. The Balaban J connectivity index is 1.94. The molecule has 0 radical (unpaired) electrons. The molecule has 0 atom stereocenters. The number of pyridine rings is 1. The minimum Gasteiger partial charge on any atom is -0.493 e. The summed E-state index contributed by atoms with van der Waals surface area (Å²) in [5.74, 6) is 1.85. The molecule has 6 nitrogen and oxygen atoms in total. The molecule has 1 aliphatic rings. The summed E-state index contributed by atoms with van der Waals surface area (Å²) in [6.45, 7) is 1.83. The molecule has 0 fully saturated rings. The van der Waals surface area contributed by atoms with Gasteiger partial charge >= 0.3 is 0 Å². The number of rotatable bonds is 4. The second kappa shape index (κ2) is 8.34. The largest absolute Gasteiger partial charge is 0.493 e. The summed E-state index contributed by atoms with van der Waals surface area (Å²) in [5.41, 5.74) is 5.84. The Hall–Kier alpha value is -3.09. The van der Waals surface area contributed by atoms with Gasteiger partial charge in [-0.1, -0.05) is 23.7 Å². The smallest absolute Gasteiger partial charge is 0.162 e.